The molecule has 2 rings (SSSR count). The minimum absolute atomic E-state index is 0.0320. The Balaban J connectivity index is 1.97. The van der Waals surface area contributed by atoms with Crippen molar-refractivity contribution >= 4 is 23.4 Å². The fourth-order valence-electron chi connectivity index (χ4n) is 1.70. The van der Waals surface area contributed by atoms with Gasteiger partial charge in [0.1, 0.15) is 0 Å². The van der Waals surface area contributed by atoms with Crippen LogP contribution in [0.5, 0.6) is 0 Å². The number of amides is 1. The summed E-state index contributed by atoms with van der Waals surface area (Å²) in [6, 6.07) is 7.64. The van der Waals surface area contributed by atoms with Gasteiger partial charge in [0.05, 0.1) is 12.6 Å². The predicted octanol–water partition coefficient (Wildman–Crippen LogP) is 1.43. The predicted molar refractivity (Wildman–Crippen MR) is 70.0 cm³/mol. The molecule has 1 saturated heterocycles. The lowest BCUT2D eigenvalue weighted by Gasteiger charge is -2.11. The maximum absolute atomic E-state index is 11.9. The number of ether oxygens (including phenoxy) is 1. The van der Waals surface area contributed by atoms with Gasteiger partial charge in [-0.1, -0.05) is 12.1 Å². The van der Waals surface area contributed by atoms with Crippen molar-refractivity contribution in [3.05, 3.63) is 29.8 Å². The van der Waals surface area contributed by atoms with Gasteiger partial charge in [-0.25, -0.2) is 0 Å². The summed E-state index contributed by atoms with van der Waals surface area (Å²) in [5, 5.41) is 6.05. The summed E-state index contributed by atoms with van der Waals surface area (Å²) >= 11 is 1.74. The number of hydrogen-bond donors (Lipinski definition) is 2. The van der Waals surface area contributed by atoms with E-state index in [1.54, 1.807) is 18.9 Å². The smallest absolute Gasteiger partial charge is 0.242 e. The Labute approximate surface area is 105 Å². The molecule has 0 spiro atoms. The first-order chi connectivity index (χ1) is 8.29. The summed E-state index contributed by atoms with van der Waals surface area (Å²) in [4.78, 5) is 11.9. The second-order valence-electron chi connectivity index (χ2n) is 3.89. The van der Waals surface area contributed by atoms with Crippen molar-refractivity contribution in [2.24, 2.45) is 0 Å². The molecule has 0 bridgehead atoms. The third-order valence-corrected chi connectivity index (χ3v) is 3.48. The van der Waals surface area contributed by atoms with Crippen LogP contribution in [-0.2, 0) is 16.1 Å². The number of anilines is 1. The molecule has 1 unspecified atom stereocenters. The van der Waals surface area contributed by atoms with E-state index in [0.717, 1.165) is 22.9 Å². The van der Waals surface area contributed by atoms with Gasteiger partial charge in [0.15, 0.2) is 0 Å². The lowest BCUT2D eigenvalue weighted by atomic mass is 10.2. The fraction of sp³-hybridized carbons (Fsp3) is 0.417. The van der Waals surface area contributed by atoms with Gasteiger partial charge in [0, 0.05) is 24.4 Å². The molecule has 0 aromatic heterocycles. The van der Waals surface area contributed by atoms with Crippen LogP contribution in [0.3, 0.4) is 0 Å². The summed E-state index contributed by atoms with van der Waals surface area (Å²) in [6.45, 7) is 0.557. The maximum Gasteiger partial charge on any atom is 0.242 e. The minimum atomic E-state index is -0.0777. The highest BCUT2D eigenvalue weighted by molar-refractivity contribution is 7.99. The monoisotopic (exact) mass is 252 g/mol. The van der Waals surface area contributed by atoms with Crippen molar-refractivity contribution in [1.82, 2.24) is 5.32 Å². The summed E-state index contributed by atoms with van der Waals surface area (Å²) in [7, 11) is 1.66. The molecular formula is C12H16N2O2S. The molecule has 4 nitrogen and oxygen atoms in total. The van der Waals surface area contributed by atoms with E-state index in [2.05, 4.69) is 10.6 Å². The van der Waals surface area contributed by atoms with Crippen LogP contribution in [0.25, 0.3) is 0 Å². The first kappa shape index (κ1) is 12.4. The Morgan fingerprint density at radius 3 is 3.24 bits per heavy atom. The molecule has 2 N–H and O–H groups in total. The first-order valence-electron chi connectivity index (χ1n) is 5.49. The molecule has 1 atom stereocenters. The molecule has 1 aliphatic rings. The molecule has 17 heavy (non-hydrogen) atoms. The number of methoxy groups -OCH3 is 1. The van der Waals surface area contributed by atoms with Gasteiger partial charge in [0.2, 0.25) is 5.91 Å². The second-order valence-corrected chi connectivity index (χ2v) is 4.92. The SMILES string of the molecule is COCc1cccc(NC(=O)C2CSCN2)c1. The third kappa shape index (κ3) is 3.46. The summed E-state index contributed by atoms with van der Waals surface area (Å²) in [5.74, 6) is 1.72. The van der Waals surface area contributed by atoms with E-state index in [0.29, 0.717) is 6.61 Å². The number of carbonyl (C=O) groups is 1. The molecule has 0 radical (unpaired) electrons. The Kier molecular flexibility index (Phi) is 4.42. The van der Waals surface area contributed by atoms with Gasteiger partial charge in [-0.15, -0.1) is 11.8 Å². The normalized spacial score (nSPS) is 19.2. The zero-order valence-corrected chi connectivity index (χ0v) is 10.5. The Hall–Kier alpha value is -1.04. The van der Waals surface area contributed by atoms with E-state index >= 15 is 0 Å². The topological polar surface area (TPSA) is 50.4 Å². The summed E-state index contributed by atoms with van der Waals surface area (Å²) in [5.41, 5.74) is 1.88. The van der Waals surface area contributed by atoms with E-state index in [-0.39, 0.29) is 11.9 Å². The molecule has 5 heteroatoms. The number of carbonyl (C=O) groups excluding carboxylic acids is 1. The number of rotatable bonds is 4. The Bertz CT molecular complexity index is 392. The van der Waals surface area contributed by atoms with Crippen LogP contribution >= 0.6 is 11.8 Å². The van der Waals surface area contributed by atoms with E-state index < -0.39 is 0 Å². The minimum Gasteiger partial charge on any atom is -0.380 e. The van der Waals surface area contributed by atoms with E-state index in [4.69, 9.17) is 4.74 Å². The molecule has 1 fully saturated rings. The van der Waals surface area contributed by atoms with Gasteiger partial charge in [-0.3, -0.25) is 10.1 Å². The molecule has 1 heterocycles. The molecule has 1 aromatic carbocycles. The largest absolute Gasteiger partial charge is 0.380 e. The summed E-state index contributed by atoms with van der Waals surface area (Å²) < 4.78 is 5.06. The number of benzene rings is 1. The molecule has 1 aliphatic heterocycles. The highest BCUT2D eigenvalue weighted by Crippen LogP contribution is 2.14. The maximum atomic E-state index is 11.9. The Morgan fingerprint density at radius 1 is 1.65 bits per heavy atom. The highest BCUT2D eigenvalue weighted by atomic mass is 32.2. The van der Waals surface area contributed by atoms with Crippen LogP contribution < -0.4 is 10.6 Å². The lowest BCUT2D eigenvalue weighted by molar-refractivity contribution is -0.117. The van der Waals surface area contributed by atoms with Crippen LogP contribution in [0.1, 0.15) is 5.56 Å². The van der Waals surface area contributed by atoms with Crippen molar-refractivity contribution in [3.8, 4) is 0 Å². The van der Waals surface area contributed by atoms with Gasteiger partial charge in [-0.05, 0) is 17.7 Å². The number of nitrogens with one attached hydrogen (secondary N) is 2. The average Bonchev–Trinajstić information content (AvgIpc) is 2.83. The quantitative estimate of drug-likeness (QED) is 0.851. The van der Waals surface area contributed by atoms with Crippen LogP contribution in [0.2, 0.25) is 0 Å². The molecule has 1 amide bonds. The van der Waals surface area contributed by atoms with Crippen LogP contribution in [0.4, 0.5) is 5.69 Å². The van der Waals surface area contributed by atoms with E-state index in [1.165, 1.54) is 0 Å². The molecule has 92 valence electrons. The van der Waals surface area contributed by atoms with Crippen molar-refractivity contribution < 1.29 is 9.53 Å². The van der Waals surface area contributed by atoms with Gasteiger partial charge in [-0.2, -0.15) is 0 Å². The molecule has 0 saturated carbocycles. The zero-order valence-electron chi connectivity index (χ0n) is 9.73. The number of hydrogen-bond acceptors (Lipinski definition) is 4. The zero-order chi connectivity index (χ0) is 12.1. The van der Waals surface area contributed by atoms with Crippen molar-refractivity contribution in [2.75, 3.05) is 24.1 Å². The highest BCUT2D eigenvalue weighted by Gasteiger charge is 2.22. The standard InChI is InChI=1S/C12H16N2O2S/c1-16-6-9-3-2-4-10(5-9)14-12(15)11-7-17-8-13-11/h2-5,11,13H,6-8H2,1H3,(H,14,15). The van der Waals surface area contributed by atoms with Crippen LogP contribution in [-0.4, -0.2) is 30.7 Å². The third-order valence-electron chi connectivity index (χ3n) is 2.54. The molecule has 1 aromatic rings. The number of thioether (sulfide) groups is 1. The fourth-order valence-corrected chi connectivity index (χ4v) is 2.64. The first-order valence-corrected chi connectivity index (χ1v) is 6.65. The van der Waals surface area contributed by atoms with Crippen molar-refractivity contribution in [2.45, 2.75) is 12.6 Å². The van der Waals surface area contributed by atoms with Gasteiger partial charge >= 0.3 is 0 Å². The average molecular weight is 252 g/mol. The summed E-state index contributed by atoms with van der Waals surface area (Å²) in [6.07, 6.45) is 0. The van der Waals surface area contributed by atoms with Crippen molar-refractivity contribution in [1.29, 1.82) is 0 Å². The molecular weight excluding hydrogens is 236 g/mol. The second kappa shape index (κ2) is 6.05. The van der Waals surface area contributed by atoms with Crippen molar-refractivity contribution in [3.63, 3.8) is 0 Å². The van der Waals surface area contributed by atoms with E-state index in [1.807, 2.05) is 24.3 Å². The van der Waals surface area contributed by atoms with Gasteiger partial charge in [0.25, 0.3) is 0 Å². The Morgan fingerprint density at radius 2 is 2.53 bits per heavy atom. The van der Waals surface area contributed by atoms with Gasteiger partial charge < -0.3 is 10.1 Å². The van der Waals surface area contributed by atoms with Crippen LogP contribution in [0.15, 0.2) is 24.3 Å². The van der Waals surface area contributed by atoms with E-state index in [9.17, 15) is 4.79 Å². The van der Waals surface area contributed by atoms with Crippen LogP contribution in [0, 0.1) is 0 Å². The molecule has 0 aliphatic carbocycles. The lowest BCUT2D eigenvalue weighted by Crippen LogP contribution is -2.37.